The summed E-state index contributed by atoms with van der Waals surface area (Å²) in [5, 5.41) is 129. The second kappa shape index (κ2) is 37.7. The van der Waals surface area contributed by atoms with Crippen LogP contribution in [0.4, 0.5) is 13.2 Å². The van der Waals surface area contributed by atoms with Gasteiger partial charge in [-0.05, 0) is 127 Å². The predicted molar refractivity (Wildman–Crippen MR) is 420 cm³/mol. The number of Topliss-reactive ketones (excluding diaryl/α,β-unsaturated/α-hetero) is 2. The van der Waals surface area contributed by atoms with Crippen molar-refractivity contribution in [3.8, 4) is 62.9 Å². The number of halogens is 5. The molecular weight excluding hydrogens is 1650 g/mol. The van der Waals surface area contributed by atoms with Gasteiger partial charge in [-0.15, -0.1) is 13.2 Å². The molecule has 34 nitrogen and oxygen atoms in total. The zero-order chi connectivity index (χ0) is 88.4. The predicted octanol–water partition coefficient (Wildman–Crippen LogP) is 5.52. The number of aliphatic hydroxyl groups is 6. The number of aliphatic carboxylic acids is 1. The molecule has 11 bridgehead atoms. The molecule has 14 rings (SSSR count). The molecule has 656 valence electrons. The van der Waals surface area contributed by atoms with Gasteiger partial charge in [-0.25, -0.2) is 4.79 Å². The molecule has 8 aliphatic rings. The number of nitrogens with two attached hydrogens (primary N) is 1. The second-order valence-electron chi connectivity index (χ2n) is 31.6. The van der Waals surface area contributed by atoms with Crippen molar-refractivity contribution in [2.24, 2.45) is 23.5 Å². The van der Waals surface area contributed by atoms with E-state index in [1.165, 1.54) is 36.1 Å². The molecule has 6 aromatic rings. The Hall–Kier alpha value is -10.5. The Morgan fingerprint density at radius 1 is 0.754 bits per heavy atom. The molecule has 19 atom stereocenters. The lowest BCUT2D eigenvalue weighted by atomic mass is 9.84. The SMILES string of the molecule is CC[C@H](CC(C)C)C(=O)N[C@H]1C(=O)CC(CC(N)=O)C(=O)NC2C(=O)C[C@H]3C(=O)N[C@H](C(=O)N[C@@H](C(=O)O)c4cc(O)cc(O)c4-c4cc3ccc4O)[C@H](O)c3ccc(c(Cl)c3)Oc3cc2cc(c3O[C@@H]2O[C@H](CO)[C@@H](O)[C@H](O)[C@H]2O[C@H]2C[C@](C)(NCC3CN(C(=O)Cc4ccc(OC(F)(F)F)cc4)CCO3)[C@H](O)[C@H](C)O2)Oc2ccc(cc2Cl)[C@H]1O. The monoisotopic (exact) mass is 1750 g/mol. The quantitative estimate of drug-likeness (QED) is 0.0474. The summed E-state index contributed by atoms with van der Waals surface area (Å²) in [5.74, 6) is -20.5. The van der Waals surface area contributed by atoms with Crippen LogP contribution in [0.2, 0.25) is 10.0 Å². The Morgan fingerprint density at radius 3 is 2.02 bits per heavy atom. The number of benzene rings is 6. The molecule has 0 spiro atoms. The molecular formula is C83H92Cl2F3N7O27. The van der Waals surface area contributed by atoms with Crippen molar-refractivity contribution in [3.63, 3.8) is 0 Å². The van der Waals surface area contributed by atoms with Crippen molar-refractivity contribution in [1.82, 2.24) is 31.5 Å². The number of rotatable bonds is 19. The van der Waals surface area contributed by atoms with E-state index >= 15 is 19.2 Å². The second-order valence-corrected chi connectivity index (χ2v) is 32.4. The van der Waals surface area contributed by atoms with Crippen LogP contribution in [0.3, 0.4) is 0 Å². The van der Waals surface area contributed by atoms with E-state index in [0.29, 0.717) is 12.0 Å². The number of hydrogen-bond donors (Lipinski definition) is 16. The average Bonchev–Trinajstić information content (AvgIpc) is 0.763. The molecule has 6 aromatic carbocycles. The van der Waals surface area contributed by atoms with Gasteiger partial charge in [0.15, 0.2) is 41.5 Å². The minimum Gasteiger partial charge on any atom is -0.508 e. The van der Waals surface area contributed by atoms with Crippen LogP contribution in [0.15, 0.2) is 103 Å². The van der Waals surface area contributed by atoms with E-state index in [1.54, 1.807) is 13.8 Å². The summed E-state index contributed by atoms with van der Waals surface area (Å²) in [6, 6.07) is 10.0. The number of primary amides is 1. The number of carboxylic acid groups (broad SMARTS) is 1. The number of morpholine rings is 1. The Morgan fingerprint density at radius 2 is 1.41 bits per heavy atom. The van der Waals surface area contributed by atoms with E-state index in [-0.39, 0.29) is 84.8 Å². The summed E-state index contributed by atoms with van der Waals surface area (Å²) in [7, 11) is 0. The smallest absolute Gasteiger partial charge is 0.508 e. The molecule has 6 amide bonds. The van der Waals surface area contributed by atoms with Gasteiger partial charge in [0, 0.05) is 79.5 Å². The van der Waals surface area contributed by atoms with Crippen molar-refractivity contribution >= 4 is 76.2 Å². The highest BCUT2D eigenvalue weighted by Crippen LogP contribution is 2.51. The largest absolute Gasteiger partial charge is 0.573 e. The number of nitrogens with one attached hydrogen (secondary N) is 5. The van der Waals surface area contributed by atoms with E-state index in [4.69, 9.17) is 62.1 Å². The van der Waals surface area contributed by atoms with Gasteiger partial charge in [0.25, 0.3) is 0 Å². The van der Waals surface area contributed by atoms with Gasteiger partial charge >= 0.3 is 12.3 Å². The topological polar surface area (TPSA) is 519 Å². The van der Waals surface area contributed by atoms with Gasteiger partial charge in [-0.1, -0.05) is 74.3 Å². The summed E-state index contributed by atoms with van der Waals surface area (Å²) in [6.45, 7) is 7.74. The number of carbonyl (C=O) groups excluding carboxylic acids is 8. The highest BCUT2D eigenvalue weighted by atomic mass is 35.5. The van der Waals surface area contributed by atoms with Gasteiger partial charge in [0.2, 0.25) is 47.5 Å². The van der Waals surface area contributed by atoms with Gasteiger partial charge in [-0.2, -0.15) is 0 Å². The maximum absolute atomic E-state index is 16.4. The van der Waals surface area contributed by atoms with Gasteiger partial charge in [0.05, 0.1) is 59.8 Å². The van der Waals surface area contributed by atoms with Crippen LogP contribution >= 0.6 is 23.2 Å². The lowest BCUT2D eigenvalue weighted by Crippen LogP contribution is -2.66. The van der Waals surface area contributed by atoms with Crippen molar-refractivity contribution in [3.05, 3.63) is 147 Å². The van der Waals surface area contributed by atoms with Crippen LogP contribution in [0.1, 0.15) is 137 Å². The highest BCUT2D eigenvalue weighted by Gasteiger charge is 2.53. The molecule has 0 radical (unpaired) electrons. The fourth-order valence-corrected chi connectivity index (χ4v) is 16.3. The number of carbonyl (C=O) groups is 9. The van der Waals surface area contributed by atoms with E-state index in [2.05, 4.69) is 31.3 Å². The number of ketones is 2. The summed E-state index contributed by atoms with van der Waals surface area (Å²) in [4.78, 5) is 134. The number of aliphatic hydroxyl groups excluding tert-OH is 6. The Labute approximate surface area is 704 Å². The lowest BCUT2D eigenvalue weighted by molar-refractivity contribution is -0.334. The van der Waals surface area contributed by atoms with Gasteiger partial charge in [-0.3, -0.25) is 38.4 Å². The number of phenolic OH excluding ortho intramolecular Hbond substituents is 3. The summed E-state index contributed by atoms with van der Waals surface area (Å²) < 4.78 is 88.1. The van der Waals surface area contributed by atoms with Gasteiger partial charge < -0.3 is 126 Å². The Balaban J connectivity index is 0.992. The minimum atomic E-state index is -4.93. The Bertz CT molecular complexity index is 4970. The highest BCUT2D eigenvalue weighted by molar-refractivity contribution is 6.32. The lowest BCUT2D eigenvalue weighted by Gasteiger charge is -2.49. The minimum absolute atomic E-state index is 0.0231. The average molecular weight is 1750 g/mol. The van der Waals surface area contributed by atoms with Crippen molar-refractivity contribution in [2.45, 2.75) is 189 Å². The fourth-order valence-electron chi connectivity index (χ4n) is 15.9. The van der Waals surface area contributed by atoms with Crippen LogP contribution < -0.4 is 51.3 Å². The number of aromatic hydroxyl groups is 3. The summed E-state index contributed by atoms with van der Waals surface area (Å²) >= 11 is 14.3. The number of phenols is 3. The number of ether oxygens (including phenoxy) is 8. The van der Waals surface area contributed by atoms with Crippen LogP contribution in [0, 0.1) is 17.8 Å². The number of fused-ring (bicyclic) bond motifs is 15. The third kappa shape index (κ3) is 20.5. The summed E-state index contributed by atoms with van der Waals surface area (Å²) in [6.07, 6.45) is -26.9. The van der Waals surface area contributed by atoms with Gasteiger partial charge in [0.1, 0.15) is 83.1 Å². The van der Waals surface area contributed by atoms with E-state index in [1.807, 2.05) is 13.8 Å². The van der Waals surface area contributed by atoms with Crippen molar-refractivity contribution < 1.29 is 145 Å². The molecule has 0 aromatic heterocycles. The molecule has 3 saturated heterocycles. The zero-order valence-corrected chi connectivity index (χ0v) is 67.6. The summed E-state index contributed by atoms with van der Waals surface area (Å²) in [5.41, 5.74) is 2.20. The van der Waals surface area contributed by atoms with E-state index < -0.39 is 268 Å². The van der Waals surface area contributed by atoms with Crippen molar-refractivity contribution in [2.75, 3.05) is 32.8 Å². The first-order valence-electron chi connectivity index (χ1n) is 39.1. The molecule has 0 aliphatic carbocycles. The van der Waals surface area contributed by atoms with Crippen LogP contribution in [-0.2, 0) is 68.5 Å². The molecule has 8 aliphatic heterocycles. The van der Waals surface area contributed by atoms with E-state index in [0.717, 1.165) is 78.9 Å². The molecule has 17 N–H and O–H groups in total. The molecule has 3 fully saturated rings. The number of nitrogens with zero attached hydrogens (tertiary/aromatic N) is 1. The molecule has 3 unspecified atom stereocenters. The Kier molecular flexibility index (Phi) is 28.0. The number of carboxylic acids is 1. The standard InChI is InChI=1S/C83H92Cl2F3N7O27/c1-6-38(19-35(2)3)76(109)93-67-54(100)24-43(27-61(89)102)77(110)91-65-42-25-58(117-56-15-10-40(69(67)104)22-50(56)84)73(121-81-74(72(107)71(106)60(34-96)119-81)120-63-31-82(5,75(108)36(4)116-63)90-32-46-33-95(17-18-115-46)62(103)20-37-7-12-45(13-8-37)122-83(86,87)88)59(26-42)118-57-16-11-41(23-51(57)85)70(105)68-79(112)92-66(80(113)114)49-28-44(97)29-53(99)64(49)48-21-39(9-14-52(48)98)47(30-55(65)101)78(111)94-68/h7-16,21-23,25-26,28-29,35-36,38,43,46-47,60,63,65-72,74-75,81,90,96-99,104-108H,6,17-20,24,27,30-34H2,1-5H3,(H2,89,102)(H,91,110)(H,92,112)(H,93,109)(H,94,111)(H,113,114)/t36-,38+,43?,46?,47+,60+,63-,65?,66+,67-,68-,69+,70+,71+,72-,74+,75+,81-,82-/m0/s1. The normalized spacial score (nSPS) is 28.0. The third-order valence-corrected chi connectivity index (χ3v) is 22.9. The van der Waals surface area contributed by atoms with E-state index in [9.17, 15) is 88.2 Å². The molecule has 0 saturated carbocycles. The first-order valence-corrected chi connectivity index (χ1v) is 39.9. The zero-order valence-electron chi connectivity index (χ0n) is 66.1. The molecule has 122 heavy (non-hydrogen) atoms. The fraction of sp³-hybridized carbons (Fsp3) is 0.458. The first-order chi connectivity index (χ1) is 57.7. The number of hydrogen-bond acceptors (Lipinski definition) is 27. The first kappa shape index (κ1) is 90.7. The van der Waals surface area contributed by atoms with Crippen molar-refractivity contribution in [1.29, 1.82) is 0 Å². The molecule has 39 heteroatoms. The van der Waals surface area contributed by atoms with Crippen LogP contribution in [-0.4, -0.2) is 221 Å². The van der Waals surface area contributed by atoms with Crippen LogP contribution in [0.5, 0.6) is 51.7 Å². The number of alkyl halides is 3. The van der Waals surface area contributed by atoms with Crippen LogP contribution in [0.25, 0.3) is 11.1 Å². The number of amides is 6. The maximum Gasteiger partial charge on any atom is 0.573 e. The maximum atomic E-state index is 16.4. The third-order valence-electron chi connectivity index (χ3n) is 22.3. The molecule has 8 heterocycles.